The van der Waals surface area contributed by atoms with E-state index in [1.54, 1.807) is 65.0 Å². The number of para-hydroxylation sites is 1. The van der Waals surface area contributed by atoms with Crippen LogP contribution in [0, 0.1) is 5.82 Å². The smallest absolute Gasteiger partial charge is 0.329 e. The lowest BCUT2D eigenvalue weighted by molar-refractivity contribution is -0.135. The van der Waals surface area contributed by atoms with Crippen LogP contribution in [-0.2, 0) is 32.6 Å². The van der Waals surface area contributed by atoms with Crippen LogP contribution >= 0.6 is 0 Å². The van der Waals surface area contributed by atoms with Crippen molar-refractivity contribution in [3.8, 4) is 11.1 Å². The lowest BCUT2D eigenvalue weighted by Gasteiger charge is -2.36. The molecule has 0 radical (unpaired) electrons. The molecule has 5 aromatic rings. The predicted octanol–water partition coefficient (Wildman–Crippen LogP) is 3.61. The Hall–Kier alpha value is -6.85. The van der Waals surface area contributed by atoms with E-state index in [9.17, 15) is 28.8 Å². The van der Waals surface area contributed by atoms with Crippen LogP contribution < -0.4 is 41.9 Å². The number of halogens is 1. The number of aromatic nitrogens is 2. The van der Waals surface area contributed by atoms with Gasteiger partial charge in [-0.1, -0.05) is 18.2 Å². The summed E-state index contributed by atoms with van der Waals surface area (Å²) < 4.78 is 20.2. The second kappa shape index (κ2) is 16.8. The molecule has 4 N–H and O–H groups in total. The van der Waals surface area contributed by atoms with E-state index in [0.717, 1.165) is 28.9 Å². The number of piperidine rings is 1. The minimum Gasteiger partial charge on any atom is -0.367 e. The molecule has 2 atom stereocenters. The number of rotatable bonds is 10. The summed E-state index contributed by atoms with van der Waals surface area (Å²) in [6.07, 6.45) is 2.23. The van der Waals surface area contributed by atoms with Gasteiger partial charge in [0.2, 0.25) is 23.6 Å². The molecule has 326 valence electrons. The summed E-state index contributed by atoms with van der Waals surface area (Å²) in [6.45, 7) is 4.04. The highest BCUT2D eigenvalue weighted by molar-refractivity contribution is 6.02. The van der Waals surface area contributed by atoms with E-state index in [4.69, 9.17) is 0 Å². The maximum atomic E-state index is 17.1. The first-order valence-electron chi connectivity index (χ1n) is 21.3. The number of amides is 5. The van der Waals surface area contributed by atoms with Crippen molar-refractivity contribution >= 4 is 63.3 Å². The Balaban J connectivity index is 0.958. The number of hydrogen-bond acceptors (Lipinski definition) is 10. The fourth-order valence-electron chi connectivity index (χ4n) is 9.50. The number of carbonyl (C=O) groups is 5. The van der Waals surface area contributed by atoms with Crippen LogP contribution in [0.5, 0.6) is 0 Å². The molecule has 1 aromatic heterocycles. The normalized spacial score (nSPS) is 19.2. The highest BCUT2D eigenvalue weighted by Crippen LogP contribution is 2.41. The molecule has 4 aliphatic heterocycles. The summed E-state index contributed by atoms with van der Waals surface area (Å²) in [7, 11) is 4.96. The molecule has 4 aromatic carbocycles. The highest BCUT2D eigenvalue weighted by atomic mass is 19.1. The van der Waals surface area contributed by atoms with Gasteiger partial charge in [0.1, 0.15) is 17.9 Å². The van der Waals surface area contributed by atoms with Crippen molar-refractivity contribution < 1.29 is 28.4 Å². The second-order valence-corrected chi connectivity index (χ2v) is 16.5. The first kappa shape index (κ1) is 41.5. The average molecular weight is 857 g/mol. The zero-order valence-electron chi connectivity index (χ0n) is 35.4. The van der Waals surface area contributed by atoms with Gasteiger partial charge in [-0.2, -0.15) is 0 Å². The van der Waals surface area contributed by atoms with E-state index < -0.39 is 29.7 Å². The van der Waals surface area contributed by atoms with Crippen LogP contribution in [0.1, 0.15) is 59.3 Å². The topological polar surface area (TPSA) is 173 Å². The summed E-state index contributed by atoms with van der Waals surface area (Å²) in [6, 6.07) is 19.7. The molecule has 0 bridgehead atoms. The largest absolute Gasteiger partial charge is 0.367 e. The third-order valence-corrected chi connectivity index (χ3v) is 12.8. The number of anilines is 4. The lowest BCUT2D eigenvalue weighted by atomic mass is 9.92. The van der Waals surface area contributed by atoms with Crippen molar-refractivity contribution in [2.45, 2.75) is 44.2 Å². The molecular weight excluding hydrogens is 808 g/mol. The van der Waals surface area contributed by atoms with Gasteiger partial charge in [0.25, 0.3) is 5.91 Å². The fraction of sp³-hybridized carbons (Fsp3) is 0.348. The van der Waals surface area contributed by atoms with E-state index in [1.165, 1.54) is 11.6 Å². The van der Waals surface area contributed by atoms with Gasteiger partial charge in [-0.15, -0.1) is 0 Å². The number of imidazole rings is 1. The van der Waals surface area contributed by atoms with Crippen molar-refractivity contribution in [3.05, 3.63) is 106 Å². The van der Waals surface area contributed by atoms with Crippen LogP contribution in [0.15, 0.2) is 77.6 Å². The van der Waals surface area contributed by atoms with Gasteiger partial charge in [-0.3, -0.25) is 43.3 Å². The third kappa shape index (κ3) is 7.60. The predicted molar refractivity (Wildman–Crippen MR) is 237 cm³/mol. The number of hydrogen-bond donors (Lipinski definition) is 4. The second-order valence-electron chi connectivity index (χ2n) is 16.5. The van der Waals surface area contributed by atoms with Gasteiger partial charge in [0.15, 0.2) is 0 Å². The summed E-state index contributed by atoms with van der Waals surface area (Å²) >= 11 is 0. The quantitative estimate of drug-likeness (QED) is 0.152. The molecule has 5 amide bonds. The molecular formula is C46H49FN10O6. The Labute approximate surface area is 362 Å². The number of aryl methyl sites for hydroxylation is 1. The SMILES string of the molecule is CNC(=O)c1cccc(NC(=O)C2NN(C)c3ccc(-c4ccc(N5CCCC5=O)cc4CCN4CCN(c5cccc6c5n(C)c(=O)n6C5CCC(=O)NC5=O)CC4)c(F)c32)c1. The summed E-state index contributed by atoms with van der Waals surface area (Å²) in [5, 5.41) is 9.42. The molecule has 0 spiro atoms. The number of nitrogens with zero attached hydrogens (tertiary/aromatic N) is 6. The molecule has 63 heavy (non-hydrogen) atoms. The summed E-state index contributed by atoms with van der Waals surface area (Å²) in [4.78, 5) is 83.5. The Bertz CT molecular complexity index is 2760. The maximum Gasteiger partial charge on any atom is 0.329 e. The van der Waals surface area contributed by atoms with Gasteiger partial charge < -0.3 is 25.4 Å². The zero-order chi connectivity index (χ0) is 44.1. The van der Waals surface area contributed by atoms with Crippen LogP contribution in [0.2, 0.25) is 0 Å². The van der Waals surface area contributed by atoms with Gasteiger partial charge >= 0.3 is 5.69 Å². The third-order valence-electron chi connectivity index (χ3n) is 12.8. The molecule has 0 aliphatic carbocycles. The van der Waals surface area contributed by atoms with Crippen molar-refractivity contribution in [1.29, 1.82) is 0 Å². The maximum absolute atomic E-state index is 17.1. The molecule has 17 heteroatoms. The molecule has 9 rings (SSSR count). The van der Waals surface area contributed by atoms with Crippen molar-refractivity contribution in [3.63, 3.8) is 0 Å². The lowest BCUT2D eigenvalue weighted by Crippen LogP contribution is -2.47. The molecule has 4 aliphatic rings. The molecule has 3 saturated heterocycles. The van der Waals surface area contributed by atoms with Gasteiger partial charge in [0, 0.05) is 101 Å². The van der Waals surface area contributed by atoms with E-state index in [-0.39, 0.29) is 41.8 Å². The number of piperazine rings is 1. The molecule has 16 nitrogen and oxygen atoms in total. The van der Waals surface area contributed by atoms with Crippen LogP contribution in [-0.4, -0.2) is 96.9 Å². The van der Waals surface area contributed by atoms with Crippen molar-refractivity contribution in [1.82, 2.24) is 30.1 Å². The Morgan fingerprint density at radius 3 is 2.38 bits per heavy atom. The van der Waals surface area contributed by atoms with Crippen molar-refractivity contribution in [2.24, 2.45) is 7.05 Å². The zero-order valence-corrected chi connectivity index (χ0v) is 35.4. The van der Waals surface area contributed by atoms with E-state index in [2.05, 4.69) is 31.2 Å². The van der Waals surface area contributed by atoms with E-state index in [1.807, 2.05) is 36.4 Å². The summed E-state index contributed by atoms with van der Waals surface area (Å²) in [5.74, 6) is -2.07. The first-order chi connectivity index (χ1) is 30.4. The van der Waals surface area contributed by atoms with E-state index in [0.29, 0.717) is 85.7 Å². The van der Waals surface area contributed by atoms with Crippen LogP contribution in [0.4, 0.5) is 27.1 Å². The van der Waals surface area contributed by atoms with Gasteiger partial charge in [-0.05, 0) is 85.0 Å². The number of hydrazine groups is 1. The Morgan fingerprint density at radius 2 is 1.63 bits per heavy atom. The molecule has 0 saturated carbocycles. The Kier molecular flexibility index (Phi) is 11.1. The number of benzene rings is 4. The fourth-order valence-corrected chi connectivity index (χ4v) is 9.50. The Morgan fingerprint density at radius 1 is 0.857 bits per heavy atom. The minimum absolute atomic E-state index is 0.0531. The molecule has 5 heterocycles. The first-order valence-corrected chi connectivity index (χ1v) is 21.3. The van der Waals surface area contributed by atoms with E-state index >= 15 is 4.39 Å². The summed E-state index contributed by atoms with van der Waals surface area (Å²) in [5.41, 5.74) is 9.19. The standard InChI is InChI=1S/C46H49FN10O6/c1-48-43(60)28-7-4-8-29(25-28)49-45(62)41-39-33(53(3)51-41)15-14-32(40(39)47)31-13-12-30(56-19-6-11-38(56)59)26-27(31)18-20-54-21-23-55(24-22-54)34-9-5-10-35-42(34)52(2)46(63)57(35)36-16-17-37(58)50-44(36)61/h4-5,7-10,12-15,25-26,36,41,51H,6,11,16-24H2,1-3H3,(H,48,60)(H,49,62)(H,50,58,61). The monoisotopic (exact) mass is 856 g/mol. The number of nitrogens with one attached hydrogen (secondary N) is 4. The molecule has 3 fully saturated rings. The van der Waals surface area contributed by atoms with Gasteiger partial charge in [-0.25, -0.2) is 14.6 Å². The highest BCUT2D eigenvalue weighted by Gasteiger charge is 2.37. The number of fused-ring (bicyclic) bond motifs is 2. The minimum atomic E-state index is -1.06. The number of carbonyl (C=O) groups excluding carboxylic acids is 5. The van der Waals surface area contributed by atoms with Crippen LogP contribution in [0.25, 0.3) is 22.2 Å². The molecule has 2 unspecified atom stereocenters. The van der Waals surface area contributed by atoms with Crippen molar-refractivity contribution in [2.75, 3.05) is 73.5 Å². The van der Waals surface area contributed by atoms with Crippen LogP contribution in [0.3, 0.4) is 0 Å². The number of imide groups is 1. The average Bonchev–Trinajstić information content (AvgIpc) is 3.95. The van der Waals surface area contributed by atoms with Gasteiger partial charge in [0.05, 0.1) is 22.4 Å².